The van der Waals surface area contributed by atoms with Gasteiger partial charge in [-0.15, -0.1) is 19.0 Å². The summed E-state index contributed by atoms with van der Waals surface area (Å²) < 4.78 is 5.12. The van der Waals surface area contributed by atoms with Crippen LogP contribution in [0.1, 0.15) is 13.3 Å². The van der Waals surface area contributed by atoms with Crippen LogP contribution in [0.15, 0.2) is 12.7 Å². The van der Waals surface area contributed by atoms with E-state index in [-0.39, 0.29) is 30.3 Å². The molecule has 1 saturated heterocycles. The van der Waals surface area contributed by atoms with E-state index in [1.165, 1.54) is 0 Å². The molecule has 94 valence electrons. The lowest BCUT2D eigenvalue weighted by Gasteiger charge is -2.22. The zero-order valence-electron chi connectivity index (χ0n) is 9.78. The molecule has 0 aromatic rings. The SMILES string of the molecule is C=CCOCC(=O)N1CCC(C)(CN)C1.Cl. The molecular weight excluding hydrogens is 228 g/mol. The third kappa shape index (κ3) is 4.12. The van der Waals surface area contributed by atoms with E-state index < -0.39 is 0 Å². The number of nitrogens with zero attached hydrogens (tertiary/aromatic N) is 1. The number of carbonyl (C=O) groups is 1. The van der Waals surface area contributed by atoms with Crippen molar-refractivity contribution < 1.29 is 9.53 Å². The minimum atomic E-state index is 0. The van der Waals surface area contributed by atoms with Crippen molar-refractivity contribution in [1.29, 1.82) is 0 Å². The quantitative estimate of drug-likeness (QED) is 0.579. The molecule has 0 aromatic carbocycles. The van der Waals surface area contributed by atoms with E-state index in [0.29, 0.717) is 13.2 Å². The molecule has 1 aliphatic rings. The largest absolute Gasteiger partial charge is 0.368 e. The predicted molar refractivity (Wildman–Crippen MR) is 66.6 cm³/mol. The molecule has 1 rings (SSSR count). The Bertz CT molecular complexity index is 248. The summed E-state index contributed by atoms with van der Waals surface area (Å²) in [6.45, 7) is 8.39. The number of hydrogen-bond donors (Lipinski definition) is 1. The second kappa shape index (κ2) is 6.89. The fourth-order valence-corrected chi connectivity index (χ4v) is 1.72. The van der Waals surface area contributed by atoms with Crippen LogP contribution >= 0.6 is 12.4 Å². The molecule has 0 spiro atoms. The van der Waals surface area contributed by atoms with Crippen molar-refractivity contribution in [3.8, 4) is 0 Å². The third-order valence-electron chi connectivity index (χ3n) is 2.86. The zero-order valence-corrected chi connectivity index (χ0v) is 10.6. The molecule has 0 aromatic heterocycles. The molecule has 1 atom stereocenters. The average molecular weight is 249 g/mol. The monoisotopic (exact) mass is 248 g/mol. The third-order valence-corrected chi connectivity index (χ3v) is 2.86. The number of halogens is 1. The average Bonchev–Trinajstić information content (AvgIpc) is 2.62. The number of carbonyl (C=O) groups excluding carboxylic acids is 1. The molecule has 16 heavy (non-hydrogen) atoms. The van der Waals surface area contributed by atoms with Gasteiger partial charge in [-0.25, -0.2) is 0 Å². The van der Waals surface area contributed by atoms with Crippen LogP contribution in [0.4, 0.5) is 0 Å². The highest BCUT2D eigenvalue weighted by molar-refractivity contribution is 5.85. The molecule has 0 saturated carbocycles. The molecule has 0 bridgehead atoms. The molecule has 1 unspecified atom stereocenters. The summed E-state index contributed by atoms with van der Waals surface area (Å²) >= 11 is 0. The van der Waals surface area contributed by atoms with Gasteiger partial charge >= 0.3 is 0 Å². The molecule has 5 heteroatoms. The Morgan fingerprint density at radius 3 is 2.88 bits per heavy atom. The van der Waals surface area contributed by atoms with E-state index >= 15 is 0 Å². The predicted octanol–water partition coefficient (Wildman–Crippen LogP) is 0.808. The number of hydrogen-bond acceptors (Lipinski definition) is 3. The second-order valence-corrected chi connectivity index (χ2v) is 4.38. The van der Waals surface area contributed by atoms with Crippen molar-refractivity contribution in [2.24, 2.45) is 11.1 Å². The van der Waals surface area contributed by atoms with Crippen LogP contribution in [0, 0.1) is 5.41 Å². The van der Waals surface area contributed by atoms with Gasteiger partial charge < -0.3 is 15.4 Å². The molecule has 1 heterocycles. The fraction of sp³-hybridized carbons (Fsp3) is 0.727. The molecule has 0 radical (unpaired) electrons. The van der Waals surface area contributed by atoms with Crippen LogP contribution in [-0.4, -0.2) is 43.7 Å². The first-order valence-electron chi connectivity index (χ1n) is 5.28. The Balaban J connectivity index is 0.00000225. The van der Waals surface area contributed by atoms with Crippen LogP contribution in [0.5, 0.6) is 0 Å². The first kappa shape index (κ1) is 15.4. The summed E-state index contributed by atoms with van der Waals surface area (Å²) in [6.07, 6.45) is 2.62. The van der Waals surface area contributed by atoms with Gasteiger partial charge in [-0.2, -0.15) is 0 Å². The van der Waals surface area contributed by atoms with Gasteiger partial charge in [-0.3, -0.25) is 4.79 Å². The van der Waals surface area contributed by atoms with Crippen LogP contribution in [-0.2, 0) is 9.53 Å². The summed E-state index contributed by atoms with van der Waals surface area (Å²) in [5.74, 6) is 0.0500. The maximum absolute atomic E-state index is 11.6. The lowest BCUT2D eigenvalue weighted by molar-refractivity contribution is -0.135. The summed E-state index contributed by atoms with van der Waals surface area (Å²) in [5.41, 5.74) is 5.76. The van der Waals surface area contributed by atoms with Gasteiger partial charge in [-0.05, 0) is 18.4 Å². The van der Waals surface area contributed by atoms with Gasteiger partial charge in [-0.1, -0.05) is 13.0 Å². The lowest BCUT2D eigenvalue weighted by atomic mass is 9.90. The first-order valence-corrected chi connectivity index (χ1v) is 5.28. The first-order chi connectivity index (χ1) is 7.11. The van der Waals surface area contributed by atoms with Gasteiger partial charge in [0.05, 0.1) is 6.61 Å². The minimum absolute atomic E-state index is 0. The highest BCUT2D eigenvalue weighted by Gasteiger charge is 2.34. The van der Waals surface area contributed by atoms with E-state index in [9.17, 15) is 4.79 Å². The van der Waals surface area contributed by atoms with E-state index in [0.717, 1.165) is 19.5 Å². The topological polar surface area (TPSA) is 55.6 Å². The summed E-state index contributed by atoms with van der Waals surface area (Å²) in [4.78, 5) is 13.5. The van der Waals surface area contributed by atoms with Gasteiger partial charge in [0.15, 0.2) is 0 Å². The van der Waals surface area contributed by atoms with Crippen LogP contribution < -0.4 is 5.73 Å². The van der Waals surface area contributed by atoms with Gasteiger partial charge in [0.25, 0.3) is 0 Å². The Labute approximate surface area is 103 Å². The van der Waals surface area contributed by atoms with Crippen molar-refractivity contribution in [2.75, 3.05) is 32.8 Å². The maximum atomic E-state index is 11.6. The normalized spacial score (nSPS) is 24.0. The van der Waals surface area contributed by atoms with Gasteiger partial charge in [0.2, 0.25) is 5.91 Å². The van der Waals surface area contributed by atoms with E-state index in [1.54, 1.807) is 6.08 Å². The number of rotatable bonds is 5. The Morgan fingerprint density at radius 1 is 1.69 bits per heavy atom. The van der Waals surface area contributed by atoms with Crippen molar-refractivity contribution in [1.82, 2.24) is 4.90 Å². The highest BCUT2D eigenvalue weighted by Crippen LogP contribution is 2.28. The summed E-state index contributed by atoms with van der Waals surface area (Å²) in [5, 5.41) is 0. The van der Waals surface area contributed by atoms with Crippen LogP contribution in [0.25, 0.3) is 0 Å². The van der Waals surface area contributed by atoms with Gasteiger partial charge in [0.1, 0.15) is 6.61 Å². The van der Waals surface area contributed by atoms with E-state index in [4.69, 9.17) is 10.5 Å². The maximum Gasteiger partial charge on any atom is 0.248 e. The molecule has 1 fully saturated rings. The molecule has 1 amide bonds. The number of nitrogens with two attached hydrogens (primary N) is 1. The van der Waals surface area contributed by atoms with Crippen molar-refractivity contribution in [3.63, 3.8) is 0 Å². The van der Waals surface area contributed by atoms with E-state index in [2.05, 4.69) is 13.5 Å². The molecule has 0 aliphatic carbocycles. The Hall–Kier alpha value is -0.580. The molecular formula is C11H21ClN2O2. The Kier molecular flexibility index (Phi) is 6.64. The number of likely N-dealkylation sites (tertiary alicyclic amines) is 1. The summed E-state index contributed by atoms with van der Waals surface area (Å²) in [7, 11) is 0. The van der Waals surface area contributed by atoms with Gasteiger partial charge in [0, 0.05) is 13.1 Å². The number of ether oxygens (including phenoxy) is 1. The van der Waals surface area contributed by atoms with Crippen molar-refractivity contribution in [2.45, 2.75) is 13.3 Å². The van der Waals surface area contributed by atoms with E-state index in [1.807, 2.05) is 4.90 Å². The van der Waals surface area contributed by atoms with Crippen LogP contribution in [0.2, 0.25) is 0 Å². The smallest absolute Gasteiger partial charge is 0.248 e. The van der Waals surface area contributed by atoms with Crippen molar-refractivity contribution >= 4 is 18.3 Å². The van der Waals surface area contributed by atoms with Crippen LogP contribution in [0.3, 0.4) is 0 Å². The summed E-state index contributed by atoms with van der Waals surface area (Å²) in [6, 6.07) is 0. The molecule has 1 aliphatic heterocycles. The highest BCUT2D eigenvalue weighted by atomic mass is 35.5. The fourth-order valence-electron chi connectivity index (χ4n) is 1.72. The minimum Gasteiger partial charge on any atom is -0.368 e. The Morgan fingerprint density at radius 2 is 2.38 bits per heavy atom. The standard InChI is InChI=1S/C11H20N2O2.ClH/c1-3-6-15-7-10(14)13-5-4-11(2,8-12)9-13;/h3H,1,4-9,12H2,2H3;1H. The zero-order chi connectivity index (χ0) is 11.3. The number of amides is 1. The van der Waals surface area contributed by atoms with Crippen molar-refractivity contribution in [3.05, 3.63) is 12.7 Å². The second-order valence-electron chi connectivity index (χ2n) is 4.38. The molecule has 2 N–H and O–H groups in total. The lowest BCUT2D eigenvalue weighted by Crippen LogP contribution is -2.36. The molecule has 4 nitrogen and oxygen atoms in total.